The Morgan fingerprint density at radius 2 is 1.91 bits per heavy atom. The first-order valence-corrected chi connectivity index (χ1v) is 11.4. The van der Waals surface area contributed by atoms with Crippen LogP contribution in [0.5, 0.6) is 0 Å². The summed E-state index contributed by atoms with van der Waals surface area (Å²) in [6.45, 7) is 14.4. The van der Waals surface area contributed by atoms with Crippen molar-refractivity contribution < 1.29 is 9.47 Å². The van der Waals surface area contributed by atoms with Crippen molar-refractivity contribution in [3.63, 3.8) is 0 Å². The smallest absolute Gasteiger partial charge is 0.123 e. The van der Waals surface area contributed by atoms with Crippen molar-refractivity contribution in [1.29, 1.82) is 0 Å². The Morgan fingerprint density at radius 3 is 2.56 bits per heavy atom. The lowest BCUT2D eigenvalue weighted by atomic mass is 10.1. The quantitative estimate of drug-likeness (QED) is 0.293. The summed E-state index contributed by atoms with van der Waals surface area (Å²) in [5.74, 6) is 1.20. The molecule has 0 bridgehead atoms. The Hall–Kier alpha value is -3.64. The third kappa shape index (κ3) is 9.08. The lowest BCUT2D eigenvalue weighted by molar-refractivity contribution is 0.285. The van der Waals surface area contributed by atoms with Gasteiger partial charge in [-0.25, -0.2) is 0 Å². The van der Waals surface area contributed by atoms with E-state index in [4.69, 9.17) is 9.47 Å². The van der Waals surface area contributed by atoms with E-state index in [9.17, 15) is 0 Å². The van der Waals surface area contributed by atoms with Gasteiger partial charge in [0.1, 0.15) is 11.5 Å². The number of rotatable bonds is 13. The molecule has 1 aliphatic heterocycles. The lowest BCUT2D eigenvalue weighted by Gasteiger charge is -2.25. The van der Waals surface area contributed by atoms with Crippen molar-refractivity contribution in [3.8, 4) is 0 Å². The molecule has 6 nitrogen and oxygen atoms in total. The number of hydrogen-bond donors (Lipinski definition) is 3. The van der Waals surface area contributed by atoms with Crippen LogP contribution in [0.2, 0.25) is 0 Å². The first-order chi connectivity index (χ1) is 16.5. The monoisotopic (exact) mass is 462 g/mol. The Kier molecular flexibility index (Phi) is 11.3. The summed E-state index contributed by atoms with van der Waals surface area (Å²) in [5.41, 5.74) is 4.09. The predicted molar refractivity (Wildman–Crippen MR) is 142 cm³/mol. The summed E-state index contributed by atoms with van der Waals surface area (Å²) in [5, 5.41) is 10.4. The van der Waals surface area contributed by atoms with Crippen LogP contribution in [-0.4, -0.2) is 44.8 Å². The Labute approximate surface area is 204 Å². The molecule has 0 radical (unpaired) electrons. The molecule has 1 aliphatic rings. The van der Waals surface area contributed by atoms with Gasteiger partial charge in [0.15, 0.2) is 0 Å². The maximum atomic E-state index is 5.45. The fourth-order valence-corrected chi connectivity index (χ4v) is 3.17. The van der Waals surface area contributed by atoms with Crippen molar-refractivity contribution >= 4 is 5.70 Å². The van der Waals surface area contributed by atoms with Crippen molar-refractivity contribution in [1.82, 2.24) is 20.9 Å². The molecule has 1 aromatic carbocycles. The van der Waals surface area contributed by atoms with E-state index < -0.39 is 0 Å². The Bertz CT molecular complexity index is 956. The van der Waals surface area contributed by atoms with Crippen LogP contribution in [0, 0.1) is 0 Å². The van der Waals surface area contributed by atoms with E-state index in [-0.39, 0.29) is 0 Å². The normalized spacial score (nSPS) is 16.3. The van der Waals surface area contributed by atoms with Crippen molar-refractivity contribution in [2.24, 2.45) is 0 Å². The van der Waals surface area contributed by atoms with Crippen molar-refractivity contribution in [2.75, 3.05) is 33.9 Å². The van der Waals surface area contributed by atoms with E-state index in [1.54, 1.807) is 26.4 Å². The highest BCUT2D eigenvalue weighted by atomic mass is 16.5. The number of ether oxygens (including phenoxy) is 2. The van der Waals surface area contributed by atoms with Crippen LogP contribution in [-0.2, 0) is 9.47 Å². The minimum absolute atomic E-state index is 0.425. The van der Waals surface area contributed by atoms with E-state index in [0.717, 1.165) is 35.7 Å². The highest BCUT2D eigenvalue weighted by Crippen LogP contribution is 2.19. The molecule has 1 aromatic rings. The van der Waals surface area contributed by atoms with E-state index in [0.29, 0.717) is 24.1 Å². The Morgan fingerprint density at radius 1 is 1.15 bits per heavy atom. The first kappa shape index (κ1) is 26.6. The highest BCUT2D eigenvalue weighted by molar-refractivity contribution is 5.68. The number of allylic oxidation sites excluding steroid dienone is 4. The van der Waals surface area contributed by atoms with Gasteiger partial charge in [-0.1, -0.05) is 63.4 Å². The fraction of sp³-hybridized carbons (Fsp3) is 0.286. The molecule has 0 unspecified atom stereocenters. The molecule has 0 saturated carbocycles. The van der Waals surface area contributed by atoms with Crippen LogP contribution in [0.1, 0.15) is 19.4 Å². The zero-order chi connectivity index (χ0) is 24.8. The summed E-state index contributed by atoms with van der Waals surface area (Å²) in [6.07, 6.45) is 13.6. The number of methoxy groups -OCH3 is 2. The second-order valence-electron chi connectivity index (χ2n) is 7.97. The van der Waals surface area contributed by atoms with Crippen LogP contribution in [0.25, 0.3) is 5.70 Å². The summed E-state index contributed by atoms with van der Waals surface area (Å²) in [6, 6.07) is 10.7. The molecule has 0 saturated heterocycles. The average Bonchev–Trinajstić information content (AvgIpc) is 2.85. The number of benzene rings is 1. The molecule has 182 valence electrons. The minimum atomic E-state index is 0.425. The second kappa shape index (κ2) is 14.5. The van der Waals surface area contributed by atoms with Gasteiger partial charge in [0.25, 0.3) is 0 Å². The zero-order valence-electron chi connectivity index (χ0n) is 20.8. The molecule has 0 amide bonds. The largest absolute Gasteiger partial charge is 0.497 e. The molecule has 6 heteroatoms. The van der Waals surface area contributed by atoms with Gasteiger partial charge < -0.3 is 30.3 Å². The van der Waals surface area contributed by atoms with Gasteiger partial charge in [0, 0.05) is 44.2 Å². The molecule has 0 spiro atoms. The molecule has 0 aliphatic carbocycles. The summed E-state index contributed by atoms with van der Waals surface area (Å²) in [7, 11) is 3.22. The summed E-state index contributed by atoms with van der Waals surface area (Å²) >= 11 is 0. The van der Waals surface area contributed by atoms with E-state index in [1.165, 1.54) is 0 Å². The molecule has 3 N–H and O–H groups in total. The number of nitrogens with zero attached hydrogens (tertiary/aromatic N) is 1. The van der Waals surface area contributed by atoms with Gasteiger partial charge >= 0.3 is 0 Å². The molecule has 0 fully saturated rings. The molecule has 0 aromatic heterocycles. The van der Waals surface area contributed by atoms with Gasteiger partial charge in [-0.05, 0) is 23.8 Å². The molecular weight excluding hydrogens is 424 g/mol. The van der Waals surface area contributed by atoms with Crippen molar-refractivity contribution in [3.05, 3.63) is 115 Å². The van der Waals surface area contributed by atoms with Gasteiger partial charge in [-0.2, -0.15) is 0 Å². The average molecular weight is 463 g/mol. The Balaban J connectivity index is 2.23. The summed E-state index contributed by atoms with van der Waals surface area (Å²) in [4.78, 5) is 2.22. The second-order valence-corrected chi connectivity index (χ2v) is 7.97. The maximum absolute atomic E-state index is 5.45. The minimum Gasteiger partial charge on any atom is -0.497 e. The molecular formula is C28H38N4O2. The van der Waals surface area contributed by atoms with E-state index in [2.05, 4.69) is 66.1 Å². The molecule has 0 atom stereocenters. The third-order valence-electron chi connectivity index (χ3n) is 5.03. The zero-order valence-corrected chi connectivity index (χ0v) is 20.8. The standard InChI is InChI=1S/C28H38N4O2/c1-7-11-26-27(31-28(21-30-26)24-12-9-8-10-13-24)15-18-32(19-16-29-22(2)3)17-14-25(34-6)20-23(4)33-5/h7-15,17,20-22,29-31H,1,4,16,18-19H2,2-3,5-6H3/b17-14+,25-20+,26-11+,27-15+. The van der Waals surface area contributed by atoms with Crippen LogP contribution in [0.4, 0.5) is 0 Å². The van der Waals surface area contributed by atoms with Gasteiger partial charge in [0.2, 0.25) is 0 Å². The third-order valence-corrected chi connectivity index (χ3v) is 5.03. The van der Waals surface area contributed by atoms with Crippen LogP contribution >= 0.6 is 0 Å². The van der Waals surface area contributed by atoms with Gasteiger partial charge in [0.05, 0.1) is 31.3 Å². The van der Waals surface area contributed by atoms with Crippen LogP contribution < -0.4 is 16.0 Å². The van der Waals surface area contributed by atoms with E-state index in [1.807, 2.05) is 42.8 Å². The summed E-state index contributed by atoms with van der Waals surface area (Å²) < 4.78 is 10.6. The van der Waals surface area contributed by atoms with Gasteiger partial charge in [-0.3, -0.25) is 0 Å². The van der Waals surface area contributed by atoms with Crippen LogP contribution in [0.3, 0.4) is 0 Å². The number of nitrogens with one attached hydrogen (secondary N) is 3. The SMILES string of the molecule is C=C/C=C1/NC=C(c2ccccc2)N/C1=C/CN(/C=C/C(=C\C(=C)OC)OC)CCNC(C)C. The topological polar surface area (TPSA) is 57.8 Å². The molecule has 1 heterocycles. The molecule has 34 heavy (non-hydrogen) atoms. The van der Waals surface area contributed by atoms with Gasteiger partial charge in [-0.15, -0.1) is 0 Å². The van der Waals surface area contributed by atoms with Crippen LogP contribution in [0.15, 0.2) is 109 Å². The molecule has 2 rings (SSSR count). The van der Waals surface area contributed by atoms with E-state index >= 15 is 0 Å². The van der Waals surface area contributed by atoms with Crippen molar-refractivity contribution in [2.45, 2.75) is 19.9 Å². The predicted octanol–water partition coefficient (Wildman–Crippen LogP) is 4.64. The highest BCUT2D eigenvalue weighted by Gasteiger charge is 2.13. The lowest BCUT2D eigenvalue weighted by Crippen LogP contribution is -2.33. The fourth-order valence-electron chi connectivity index (χ4n) is 3.17. The first-order valence-electron chi connectivity index (χ1n) is 11.4. The number of hydrogen-bond acceptors (Lipinski definition) is 6. The maximum Gasteiger partial charge on any atom is 0.123 e.